The van der Waals surface area contributed by atoms with Gasteiger partial charge in [-0.25, -0.2) is 0 Å². The quantitative estimate of drug-likeness (QED) is 0.876. The number of amides is 1. The number of aromatic hydroxyl groups is 1. The van der Waals surface area contributed by atoms with E-state index in [0.717, 1.165) is 24.9 Å². The van der Waals surface area contributed by atoms with Crippen molar-refractivity contribution in [3.05, 3.63) is 23.8 Å². The Morgan fingerprint density at radius 2 is 2.27 bits per heavy atom. The lowest BCUT2D eigenvalue weighted by Gasteiger charge is -2.35. The second-order valence-electron chi connectivity index (χ2n) is 5.99. The van der Waals surface area contributed by atoms with Crippen molar-refractivity contribution in [2.24, 2.45) is 0 Å². The normalized spacial score (nSPS) is 19.8. The second kappa shape index (κ2) is 7.49. The predicted octanol–water partition coefficient (Wildman–Crippen LogP) is 2.28. The summed E-state index contributed by atoms with van der Waals surface area (Å²) in [6, 6.07) is 5.37. The van der Waals surface area contributed by atoms with E-state index in [4.69, 9.17) is 4.74 Å². The fourth-order valence-electron chi connectivity index (χ4n) is 2.88. The van der Waals surface area contributed by atoms with Gasteiger partial charge in [-0.05, 0) is 50.8 Å². The summed E-state index contributed by atoms with van der Waals surface area (Å²) in [5.41, 5.74) is 0.921. The molecule has 1 fully saturated rings. The van der Waals surface area contributed by atoms with Crippen molar-refractivity contribution in [2.45, 2.75) is 51.7 Å². The van der Waals surface area contributed by atoms with Crippen LogP contribution in [0.25, 0.3) is 0 Å². The number of likely N-dealkylation sites (tertiary alicyclic amines) is 1. The Labute approximate surface area is 132 Å². The molecule has 2 N–H and O–H groups in total. The third-order valence-corrected chi connectivity index (χ3v) is 4.31. The van der Waals surface area contributed by atoms with Crippen LogP contribution in [-0.4, -0.2) is 41.7 Å². The van der Waals surface area contributed by atoms with Gasteiger partial charge in [0.1, 0.15) is 0 Å². The molecule has 2 atom stereocenters. The Morgan fingerprint density at radius 1 is 1.50 bits per heavy atom. The van der Waals surface area contributed by atoms with Crippen molar-refractivity contribution in [2.75, 3.05) is 13.7 Å². The maximum atomic E-state index is 12.5. The van der Waals surface area contributed by atoms with E-state index in [1.165, 1.54) is 13.5 Å². The summed E-state index contributed by atoms with van der Waals surface area (Å²) in [6.07, 6.45) is 3.39. The molecule has 2 rings (SSSR count). The van der Waals surface area contributed by atoms with Crippen LogP contribution in [0.15, 0.2) is 18.2 Å². The van der Waals surface area contributed by atoms with Gasteiger partial charge in [0.15, 0.2) is 11.5 Å². The predicted molar refractivity (Wildman–Crippen MR) is 86.0 cm³/mol. The molecular formula is C17H26N2O3. The molecular weight excluding hydrogens is 280 g/mol. The number of carbonyl (C=O) groups excluding carboxylic acids is 1. The van der Waals surface area contributed by atoms with Gasteiger partial charge in [-0.15, -0.1) is 0 Å². The number of piperidine rings is 1. The highest BCUT2D eigenvalue weighted by molar-refractivity contribution is 5.81. The fraction of sp³-hybridized carbons (Fsp3) is 0.588. The highest BCUT2D eigenvalue weighted by Crippen LogP contribution is 2.26. The van der Waals surface area contributed by atoms with Gasteiger partial charge in [-0.1, -0.05) is 6.07 Å². The average Bonchev–Trinajstić information content (AvgIpc) is 2.52. The molecule has 1 amide bonds. The summed E-state index contributed by atoms with van der Waals surface area (Å²) < 4.78 is 5.02. The van der Waals surface area contributed by atoms with Crippen LogP contribution >= 0.6 is 0 Å². The number of hydrogen-bond acceptors (Lipinski definition) is 4. The second-order valence-corrected chi connectivity index (χ2v) is 5.99. The monoisotopic (exact) mass is 306 g/mol. The van der Waals surface area contributed by atoms with Crippen LogP contribution < -0.4 is 10.1 Å². The molecule has 1 aromatic carbocycles. The zero-order valence-corrected chi connectivity index (χ0v) is 13.6. The Kier molecular flexibility index (Phi) is 5.66. The minimum Gasteiger partial charge on any atom is -0.504 e. The highest BCUT2D eigenvalue weighted by atomic mass is 16.5. The zero-order chi connectivity index (χ0) is 16.1. The van der Waals surface area contributed by atoms with Gasteiger partial charge in [0.2, 0.25) is 5.91 Å². The molecule has 1 aromatic rings. The van der Waals surface area contributed by atoms with Gasteiger partial charge in [-0.2, -0.15) is 0 Å². The number of phenolic OH excluding ortho intramolecular Hbond substituents is 1. The lowest BCUT2D eigenvalue weighted by atomic mass is 10.0. The van der Waals surface area contributed by atoms with Crippen molar-refractivity contribution in [3.8, 4) is 11.5 Å². The summed E-state index contributed by atoms with van der Waals surface area (Å²) in [5.74, 6) is 0.727. The minimum atomic E-state index is -0.232. The van der Waals surface area contributed by atoms with Crippen LogP contribution in [0.3, 0.4) is 0 Å². The molecule has 1 aliphatic heterocycles. The van der Waals surface area contributed by atoms with E-state index in [2.05, 4.69) is 12.2 Å². The van der Waals surface area contributed by atoms with Crippen molar-refractivity contribution in [3.63, 3.8) is 0 Å². The Bertz CT molecular complexity index is 519. The summed E-state index contributed by atoms with van der Waals surface area (Å²) in [7, 11) is 1.52. The van der Waals surface area contributed by atoms with Crippen LogP contribution in [0.4, 0.5) is 0 Å². The first-order valence-corrected chi connectivity index (χ1v) is 7.92. The molecule has 5 nitrogen and oxygen atoms in total. The molecule has 0 radical (unpaired) electrons. The molecule has 0 aliphatic carbocycles. The number of rotatable bonds is 5. The van der Waals surface area contributed by atoms with Crippen molar-refractivity contribution in [1.82, 2.24) is 10.2 Å². The van der Waals surface area contributed by atoms with Crippen LogP contribution in [0.2, 0.25) is 0 Å². The van der Waals surface area contributed by atoms with E-state index in [-0.39, 0.29) is 17.7 Å². The molecule has 0 unspecified atom stereocenters. The van der Waals surface area contributed by atoms with E-state index in [0.29, 0.717) is 18.3 Å². The van der Waals surface area contributed by atoms with Gasteiger partial charge in [-0.3, -0.25) is 4.79 Å². The highest BCUT2D eigenvalue weighted by Gasteiger charge is 2.26. The summed E-state index contributed by atoms with van der Waals surface area (Å²) in [5, 5.41) is 13.0. The van der Waals surface area contributed by atoms with Gasteiger partial charge in [0.05, 0.1) is 13.2 Å². The van der Waals surface area contributed by atoms with Gasteiger partial charge in [0, 0.05) is 19.1 Å². The average molecular weight is 306 g/mol. The van der Waals surface area contributed by atoms with Crippen LogP contribution in [0.1, 0.15) is 38.7 Å². The maximum absolute atomic E-state index is 12.5. The number of hydrogen-bond donors (Lipinski definition) is 2. The minimum absolute atomic E-state index is 0.116. The zero-order valence-electron chi connectivity index (χ0n) is 13.6. The van der Waals surface area contributed by atoms with Crippen LogP contribution in [0.5, 0.6) is 11.5 Å². The number of ether oxygens (including phenoxy) is 1. The molecule has 1 aliphatic rings. The molecule has 122 valence electrons. The van der Waals surface area contributed by atoms with E-state index in [9.17, 15) is 9.90 Å². The smallest absolute Gasteiger partial charge is 0.239 e. The molecule has 0 aromatic heterocycles. The topological polar surface area (TPSA) is 61.8 Å². The van der Waals surface area contributed by atoms with E-state index < -0.39 is 0 Å². The number of phenols is 1. The maximum Gasteiger partial charge on any atom is 0.239 e. The SMILES string of the molecule is COc1ccc(CN[C@H](C)C(=O)N2CCCC[C@H]2C)cc1O. The molecule has 5 heteroatoms. The Hall–Kier alpha value is -1.75. The van der Waals surface area contributed by atoms with Crippen molar-refractivity contribution in [1.29, 1.82) is 0 Å². The van der Waals surface area contributed by atoms with Crippen LogP contribution in [-0.2, 0) is 11.3 Å². The summed E-state index contributed by atoms with van der Waals surface area (Å²) in [6.45, 7) is 5.40. The third-order valence-electron chi connectivity index (χ3n) is 4.31. The third kappa shape index (κ3) is 3.91. The van der Waals surface area contributed by atoms with Gasteiger partial charge >= 0.3 is 0 Å². The van der Waals surface area contributed by atoms with E-state index >= 15 is 0 Å². The lowest BCUT2D eigenvalue weighted by Crippen LogP contribution is -2.50. The van der Waals surface area contributed by atoms with Crippen molar-refractivity contribution >= 4 is 5.91 Å². The first kappa shape index (κ1) is 16.6. The van der Waals surface area contributed by atoms with Gasteiger partial charge < -0.3 is 20.1 Å². The van der Waals surface area contributed by atoms with E-state index in [1.807, 2.05) is 17.9 Å². The van der Waals surface area contributed by atoms with Crippen LogP contribution in [0, 0.1) is 0 Å². The summed E-state index contributed by atoms with van der Waals surface area (Å²) >= 11 is 0. The van der Waals surface area contributed by atoms with E-state index in [1.54, 1.807) is 12.1 Å². The number of carbonyl (C=O) groups is 1. The van der Waals surface area contributed by atoms with Crippen molar-refractivity contribution < 1.29 is 14.6 Å². The first-order valence-electron chi connectivity index (χ1n) is 7.92. The molecule has 22 heavy (non-hydrogen) atoms. The number of nitrogens with zero attached hydrogens (tertiary/aromatic N) is 1. The standard InChI is InChI=1S/C17H26N2O3/c1-12-6-4-5-9-19(12)17(21)13(2)18-11-14-7-8-16(22-3)15(20)10-14/h7-8,10,12-13,18,20H,4-6,9,11H2,1-3H3/t12-,13-/m1/s1. The number of nitrogens with one attached hydrogen (secondary N) is 1. The Morgan fingerprint density at radius 3 is 2.91 bits per heavy atom. The Balaban J connectivity index is 1.90. The number of methoxy groups -OCH3 is 1. The molecule has 0 saturated carbocycles. The molecule has 1 heterocycles. The lowest BCUT2D eigenvalue weighted by molar-refractivity contribution is -0.136. The van der Waals surface area contributed by atoms with Gasteiger partial charge in [0.25, 0.3) is 0 Å². The molecule has 0 bridgehead atoms. The fourth-order valence-corrected chi connectivity index (χ4v) is 2.88. The molecule has 0 spiro atoms. The first-order chi connectivity index (χ1) is 10.5. The largest absolute Gasteiger partial charge is 0.504 e. The summed E-state index contributed by atoms with van der Waals surface area (Å²) in [4.78, 5) is 14.5. The number of benzene rings is 1. The molecule has 1 saturated heterocycles.